The molecule has 0 N–H and O–H groups in total. The number of fused-ring (bicyclic) bond motifs is 2. The van der Waals surface area contributed by atoms with E-state index in [1.807, 2.05) is 48.5 Å². The fourth-order valence-corrected chi connectivity index (χ4v) is 2.93. The molecule has 31 heavy (non-hydrogen) atoms. The maximum absolute atomic E-state index is 10.9. The molecule has 3 aromatic carbocycles. The average molecular weight is 425 g/mol. The Hall–Kier alpha value is -2.39. The van der Waals surface area contributed by atoms with Crippen molar-refractivity contribution in [1.29, 1.82) is 0 Å². The topological polar surface area (TPSA) is 35.5 Å². The summed E-state index contributed by atoms with van der Waals surface area (Å²) in [6, 6.07) is 19.3. The molecule has 0 saturated heterocycles. The maximum atomic E-state index is 10.9. The molecular formula is C28H40O3. The number of rotatable bonds is 4. The van der Waals surface area contributed by atoms with Crippen molar-refractivity contribution in [2.45, 2.75) is 80.6 Å². The molecule has 0 bridgehead atoms. The Balaban J connectivity index is 0.000000343. The van der Waals surface area contributed by atoms with E-state index in [9.17, 15) is 4.79 Å². The first kappa shape index (κ1) is 26.6. The zero-order valence-corrected chi connectivity index (χ0v) is 20.8. The number of esters is 1. The molecule has 0 saturated carbocycles. The molecule has 0 aliphatic heterocycles. The van der Waals surface area contributed by atoms with Gasteiger partial charge in [-0.25, -0.2) is 0 Å². The van der Waals surface area contributed by atoms with Crippen LogP contribution in [-0.4, -0.2) is 17.7 Å². The molecule has 0 aliphatic rings. The first-order valence-electron chi connectivity index (χ1n) is 11.3. The van der Waals surface area contributed by atoms with Crippen LogP contribution in [0, 0.1) is 5.92 Å². The van der Waals surface area contributed by atoms with E-state index in [2.05, 4.69) is 68.4 Å². The monoisotopic (exact) mass is 424 g/mol. The summed E-state index contributed by atoms with van der Waals surface area (Å²) >= 11 is 0. The van der Waals surface area contributed by atoms with Gasteiger partial charge in [-0.1, -0.05) is 76.2 Å². The van der Waals surface area contributed by atoms with Crippen molar-refractivity contribution >= 4 is 27.5 Å². The first-order valence-corrected chi connectivity index (χ1v) is 11.3. The fraction of sp³-hybridized carbons (Fsp3) is 0.464. The van der Waals surface area contributed by atoms with Crippen LogP contribution in [0.2, 0.25) is 0 Å². The number of benzene rings is 3. The molecule has 3 aromatic rings. The summed E-state index contributed by atoms with van der Waals surface area (Å²) in [5.41, 5.74) is 0.948. The summed E-state index contributed by atoms with van der Waals surface area (Å²) in [5, 5.41) is 5.15. The minimum atomic E-state index is -0.346. The van der Waals surface area contributed by atoms with Crippen molar-refractivity contribution in [3.63, 3.8) is 0 Å². The Morgan fingerprint density at radius 2 is 1.29 bits per heavy atom. The van der Waals surface area contributed by atoms with E-state index in [0.717, 1.165) is 0 Å². The minimum Gasteiger partial charge on any atom is -0.460 e. The zero-order valence-electron chi connectivity index (χ0n) is 20.8. The van der Waals surface area contributed by atoms with Crippen LogP contribution >= 0.6 is 0 Å². The van der Waals surface area contributed by atoms with Gasteiger partial charge in [0.25, 0.3) is 0 Å². The summed E-state index contributed by atoms with van der Waals surface area (Å²) in [4.78, 5) is 10.9. The Labute approximate surface area is 188 Å². The number of ether oxygens (including phenoxy) is 2. The standard InChI is InChI=1S/C18H18O.C8H16O2.C2H6/c1-13(2)19-12-18-16-9-5-3-7-14(16)11-15-8-4-6-10-17(15)18;1-6(2)7(9)10-8(3,4)5;1-2/h3-11,13H,12H2,1-2H3;6H,1-5H3;1-2H3. The van der Waals surface area contributed by atoms with Crippen LogP contribution in [0.5, 0.6) is 0 Å². The molecule has 170 valence electrons. The van der Waals surface area contributed by atoms with E-state index in [4.69, 9.17) is 9.47 Å². The third-order valence-electron chi connectivity index (χ3n) is 4.32. The Morgan fingerprint density at radius 1 is 0.839 bits per heavy atom. The highest BCUT2D eigenvalue weighted by atomic mass is 16.6. The molecule has 0 radical (unpaired) electrons. The van der Waals surface area contributed by atoms with Crippen molar-refractivity contribution in [2.75, 3.05) is 0 Å². The summed E-state index contributed by atoms with van der Waals surface area (Å²) in [7, 11) is 0. The van der Waals surface area contributed by atoms with Gasteiger partial charge >= 0.3 is 5.97 Å². The van der Waals surface area contributed by atoms with Crippen molar-refractivity contribution in [3.8, 4) is 0 Å². The van der Waals surface area contributed by atoms with Crippen molar-refractivity contribution in [1.82, 2.24) is 0 Å². The second-order valence-electron chi connectivity index (χ2n) is 8.85. The highest BCUT2D eigenvalue weighted by molar-refractivity contribution is 6.02. The summed E-state index contributed by atoms with van der Waals surface area (Å²) in [6.45, 7) is 18.1. The van der Waals surface area contributed by atoms with E-state index >= 15 is 0 Å². The molecule has 0 unspecified atom stereocenters. The van der Waals surface area contributed by atoms with Gasteiger partial charge in [-0.2, -0.15) is 0 Å². The Bertz CT molecular complexity index is 895. The fourth-order valence-electron chi connectivity index (χ4n) is 2.93. The van der Waals surface area contributed by atoms with Crippen LogP contribution in [-0.2, 0) is 20.9 Å². The molecule has 3 heteroatoms. The average Bonchev–Trinajstić information content (AvgIpc) is 2.71. The summed E-state index contributed by atoms with van der Waals surface area (Å²) < 4.78 is 10.9. The van der Waals surface area contributed by atoms with Gasteiger partial charge in [-0.05, 0) is 67.8 Å². The van der Waals surface area contributed by atoms with E-state index in [1.165, 1.54) is 27.1 Å². The number of carbonyl (C=O) groups is 1. The molecule has 0 aliphatic carbocycles. The Morgan fingerprint density at radius 3 is 1.65 bits per heavy atom. The van der Waals surface area contributed by atoms with Gasteiger partial charge in [0.15, 0.2) is 0 Å². The first-order chi connectivity index (χ1) is 14.6. The van der Waals surface area contributed by atoms with Crippen molar-refractivity contribution < 1.29 is 14.3 Å². The van der Waals surface area contributed by atoms with E-state index in [-0.39, 0.29) is 23.6 Å². The molecule has 0 aromatic heterocycles. The summed E-state index contributed by atoms with van der Waals surface area (Å²) in [5.74, 6) is -0.160. The van der Waals surface area contributed by atoms with Gasteiger partial charge in [-0.3, -0.25) is 4.79 Å². The van der Waals surface area contributed by atoms with E-state index < -0.39 is 0 Å². The quantitative estimate of drug-likeness (QED) is 0.315. The van der Waals surface area contributed by atoms with Crippen LogP contribution in [0.25, 0.3) is 21.5 Å². The maximum Gasteiger partial charge on any atom is 0.308 e. The summed E-state index contributed by atoms with van der Waals surface area (Å²) in [6.07, 6.45) is 0.248. The van der Waals surface area contributed by atoms with Gasteiger partial charge in [0, 0.05) is 0 Å². The molecule has 3 rings (SSSR count). The van der Waals surface area contributed by atoms with Crippen LogP contribution in [0.3, 0.4) is 0 Å². The van der Waals surface area contributed by atoms with Gasteiger partial charge in [-0.15, -0.1) is 0 Å². The molecule has 3 nitrogen and oxygen atoms in total. The van der Waals surface area contributed by atoms with E-state index in [1.54, 1.807) is 0 Å². The molecule has 0 amide bonds. The van der Waals surface area contributed by atoms with Gasteiger partial charge in [0.2, 0.25) is 0 Å². The number of hydrogen-bond donors (Lipinski definition) is 0. The predicted molar refractivity (Wildman–Crippen MR) is 133 cm³/mol. The van der Waals surface area contributed by atoms with E-state index in [0.29, 0.717) is 6.61 Å². The number of hydrogen-bond acceptors (Lipinski definition) is 3. The second-order valence-corrected chi connectivity index (χ2v) is 8.85. The number of carbonyl (C=O) groups excluding carboxylic acids is 1. The van der Waals surface area contributed by atoms with Crippen LogP contribution in [0.15, 0.2) is 54.6 Å². The lowest BCUT2D eigenvalue weighted by Gasteiger charge is -2.20. The van der Waals surface area contributed by atoms with Crippen LogP contribution in [0.4, 0.5) is 0 Å². The molecule has 0 heterocycles. The SMILES string of the molecule is CC.CC(C)C(=O)OC(C)(C)C.CC(C)OCc1c2ccccc2cc2ccccc12. The Kier molecular flexibility index (Phi) is 10.7. The van der Waals surface area contributed by atoms with Crippen LogP contribution in [0.1, 0.15) is 67.9 Å². The smallest absolute Gasteiger partial charge is 0.308 e. The van der Waals surface area contributed by atoms with Gasteiger partial charge in [0.1, 0.15) is 5.60 Å². The molecular weight excluding hydrogens is 384 g/mol. The highest BCUT2D eigenvalue weighted by Gasteiger charge is 2.18. The molecule has 0 spiro atoms. The molecule has 0 fully saturated rings. The van der Waals surface area contributed by atoms with Crippen molar-refractivity contribution in [2.24, 2.45) is 5.92 Å². The molecule has 0 atom stereocenters. The lowest BCUT2D eigenvalue weighted by Crippen LogP contribution is -2.26. The van der Waals surface area contributed by atoms with Crippen molar-refractivity contribution in [3.05, 3.63) is 60.2 Å². The third kappa shape index (κ3) is 8.70. The van der Waals surface area contributed by atoms with Crippen LogP contribution < -0.4 is 0 Å². The zero-order chi connectivity index (χ0) is 23.6. The lowest BCUT2D eigenvalue weighted by atomic mass is 9.97. The third-order valence-corrected chi connectivity index (χ3v) is 4.32. The minimum absolute atomic E-state index is 0.0285. The second kappa shape index (κ2) is 12.5. The van der Waals surface area contributed by atoms with Gasteiger partial charge in [0.05, 0.1) is 18.6 Å². The highest BCUT2D eigenvalue weighted by Crippen LogP contribution is 2.29. The normalized spacial score (nSPS) is 11.1. The predicted octanol–water partition coefficient (Wildman–Crippen LogP) is 7.93. The lowest BCUT2D eigenvalue weighted by molar-refractivity contribution is -0.158. The largest absolute Gasteiger partial charge is 0.460 e. The van der Waals surface area contributed by atoms with Gasteiger partial charge < -0.3 is 9.47 Å².